The Labute approximate surface area is 207 Å². The Balaban J connectivity index is 1.54. The topological polar surface area (TPSA) is 0 Å². The smallest absolute Gasteiger partial charge is 0.166 e. The van der Waals surface area contributed by atoms with E-state index < -0.39 is 11.7 Å². The molecule has 2 aliphatic carbocycles. The fraction of sp³-hybridized carbons (Fsp3) is 0.806. The molecule has 0 N–H and O–H groups in total. The number of hydrogen-bond donors (Lipinski definition) is 0. The SMILES string of the molecule is CCCCCCCCC1(CCCCC2(c3ccc(C(F)(F)F)cc3)CCCCC2)CCCCC1. The van der Waals surface area contributed by atoms with Crippen molar-refractivity contribution in [2.45, 2.75) is 153 Å². The van der Waals surface area contributed by atoms with Gasteiger partial charge in [-0.1, -0.05) is 109 Å². The molecule has 194 valence electrons. The minimum atomic E-state index is -4.25. The first-order valence-electron chi connectivity index (χ1n) is 14.6. The van der Waals surface area contributed by atoms with E-state index in [4.69, 9.17) is 0 Å². The van der Waals surface area contributed by atoms with Crippen LogP contribution in [0.25, 0.3) is 0 Å². The summed E-state index contributed by atoms with van der Waals surface area (Å²) in [6.07, 6.45) is 23.5. The van der Waals surface area contributed by atoms with Gasteiger partial charge in [0.25, 0.3) is 0 Å². The van der Waals surface area contributed by atoms with Crippen molar-refractivity contribution in [3.05, 3.63) is 35.4 Å². The Morgan fingerprint density at radius 2 is 1.12 bits per heavy atom. The fourth-order valence-electron chi connectivity index (χ4n) is 7.09. The normalized spacial score (nSPS) is 20.4. The third-order valence-electron chi connectivity index (χ3n) is 9.22. The molecule has 0 aromatic heterocycles. The molecule has 3 heteroatoms. The second kappa shape index (κ2) is 13.4. The largest absolute Gasteiger partial charge is 0.416 e. The number of benzene rings is 1. The molecule has 1 aromatic carbocycles. The highest BCUT2D eigenvalue weighted by molar-refractivity contribution is 5.31. The summed E-state index contributed by atoms with van der Waals surface area (Å²) in [7, 11) is 0. The third kappa shape index (κ3) is 8.02. The van der Waals surface area contributed by atoms with Crippen molar-refractivity contribution in [2.75, 3.05) is 0 Å². The van der Waals surface area contributed by atoms with Crippen LogP contribution in [0.5, 0.6) is 0 Å². The molecule has 0 atom stereocenters. The van der Waals surface area contributed by atoms with Gasteiger partial charge in [0.1, 0.15) is 0 Å². The first-order valence-corrected chi connectivity index (χ1v) is 14.6. The van der Waals surface area contributed by atoms with Gasteiger partial charge in [-0.2, -0.15) is 13.2 Å². The zero-order chi connectivity index (χ0) is 24.3. The molecule has 3 rings (SSSR count). The highest BCUT2D eigenvalue weighted by atomic mass is 19.4. The fourth-order valence-corrected chi connectivity index (χ4v) is 7.09. The summed E-state index contributed by atoms with van der Waals surface area (Å²) < 4.78 is 39.3. The Bertz CT molecular complexity index is 676. The van der Waals surface area contributed by atoms with E-state index >= 15 is 0 Å². The average Bonchev–Trinajstić information content (AvgIpc) is 2.85. The molecule has 0 saturated heterocycles. The van der Waals surface area contributed by atoms with E-state index in [0.717, 1.165) is 24.8 Å². The molecule has 0 unspecified atom stereocenters. The van der Waals surface area contributed by atoms with E-state index in [1.54, 1.807) is 12.1 Å². The van der Waals surface area contributed by atoms with Crippen LogP contribution in [0.4, 0.5) is 13.2 Å². The number of halogens is 3. The van der Waals surface area contributed by atoms with Crippen molar-refractivity contribution in [2.24, 2.45) is 5.41 Å². The van der Waals surface area contributed by atoms with Crippen LogP contribution in [0, 0.1) is 5.41 Å². The van der Waals surface area contributed by atoms with Crippen LogP contribution in [0.3, 0.4) is 0 Å². The molecule has 0 bridgehead atoms. The Hall–Kier alpha value is -0.990. The number of rotatable bonds is 13. The van der Waals surface area contributed by atoms with Gasteiger partial charge in [0.05, 0.1) is 5.56 Å². The standard InChI is InChI=1S/C31H49F3/c1-2-3-4-5-6-9-20-29(21-10-7-11-22-29)23-14-15-26-30(24-12-8-13-25-30)27-16-18-28(19-17-27)31(32,33)34/h16-19H,2-15,20-26H2,1H3. The lowest BCUT2D eigenvalue weighted by Crippen LogP contribution is -2.29. The molecule has 0 radical (unpaired) electrons. The highest BCUT2D eigenvalue weighted by Crippen LogP contribution is 2.47. The van der Waals surface area contributed by atoms with Crippen LogP contribution in [-0.4, -0.2) is 0 Å². The van der Waals surface area contributed by atoms with Crippen LogP contribution < -0.4 is 0 Å². The molecule has 0 heterocycles. The van der Waals surface area contributed by atoms with Crippen molar-refractivity contribution in [3.63, 3.8) is 0 Å². The molecule has 2 saturated carbocycles. The van der Waals surface area contributed by atoms with Gasteiger partial charge in [0.2, 0.25) is 0 Å². The number of alkyl halides is 3. The van der Waals surface area contributed by atoms with Crippen LogP contribution >= 0.6 is 0 Å². The van der Waals surface area contributed by atoms with Gasteiger partial charge in [-0.3, -0.25) is 0 Å². The van der Waals surface area contributed by atoms with Gasteiger partial charge >= 0.3 is 6.18 Å². The summed E-state index contributed by atoms with van der Waals surface area (Å²) >= 11 is 0. The van der Waals surface area contributed by atoms with Crippen molar-refractivity contribution in [3.8, 4) is 0 Å². The van der Waals surface area contributed by atoms with E-state index in [1.807, 2.05) is 0 Å². The molecule has 2 aliphatic rings. The minimum absolute atomic E-state index is 0.0986. The number of unbranched alkanes of at least 4 members (excludes halogenated alkanes) is 6. The van der Waals surface area contributed by atoms with E-state index in [2.05, 4.69) is 6.92 Å². The van der Waals surface area contributed by atoms with Gasteiger partial charge in [-0.05, 0) is 73.5 Å². The van der Waals surface area contributed by atoms with Crippen molar-refractivity contribution in [1.82, 2.24) is 0 Å². The summed E-state index contributed by atoms with van der Waals surface area (Å²) in [5.74, 6) is 0. The lowest BCUT2D eigenvalue weighted by molar-refractivity contribution is -0.137. The maximum absolute atomic E-state index is 13.1. The third-order valence-corrected chi connectivity index (χ3v) is 9.22. The van der Waals surface area contributed by atoms with Crippen molar-refractivity contribution >= 4 is 0 Å². The van der Waals surface area contributed by atoms with Crippen molar-refractivity contribution < 1.29 is 13.2 Å². The van der Waals surface area contributed by atoms with Gasteiger partial charge in [-0.15, -0.1) is 0 Å². The molecule has 0 spiro atoms. The molecule has 1 aromatic rings. The molecule has 0 amide bonds. The summed E-state index contributed by atoms with van der Waals surface area (Å²) in [5, 5.41) is 0. The van der Waals surface area contributed by atoms with E-state index in [1.165, 1.54) is 128 Å². The van der Waals surface area contributed by atoms with Crippen molar-refractivity contribution in [1.29, 1.82) is 0 Å². The molecular weight excluding hydrogens is 429 g/mol. The van der Waals surface area contributed by atoms with Gasteiger partial charge in [0, 0.05) is 0 Å². The minimum Gasteiger partial charge on any atom is -0.166 e. The predicted octanol–water partition coefficient (Wildman–Crippen LogP) is 11.2. The number of hydrogen-bond acceptors (Lipinski definition) is 0. The molecule has 2 fully saturated rings. The average molecular weight is 479 g/mol. The van der Waals surface area contributed by atoms with Gasteiger partial charge in [-0.25, -0.2) is 0 Å². The zero-order valence-electron chi connectivity index (χ0n) is 21.8. The lowest BCUT2D eigenvalue weighted by Gasteiger charge is -2.40. The summed E-state index contributed by atoms with van der Waals surface area (Å²) in [4.78, 5) is 0. The Morgan fingerprint density at radius 3 is 1.71 bits per heavy atom. The summed E-state index contributed by atoms with van der Waals surface area (Å²) in [6.45, 7) is 2.28. The summed E-state index contributed by atoms with van der Waals surface area (Å²) in [5.41, 5.74) is 1.31. The second-order valence-corrected chi connectivity index (χ2v) is 11.7. The predicted molar refractivity (Wildman–Crippen MR) is 138 cm³/mol. The quantitative estimate of drug-likeness (QED) is 0.247. The van der Waals surface area contributed by atoms with Crippen LogP contribution in [0.2, 0.25) is 0 Å². The maximum atomic E-state index is 13.1. The van der Waals surface area contributed by atoms with Gasteiger partial charge in [0.15, 0.2) is 0 Å². The summed E-state index contributed by atoms with van der Waals surface area (Å²) in [6, 6.07) is 6.19. The molecule has 0 aliphatic heterocycles. The highest BCUT2D eigenvalue weighted by Gasteiger charge is 2.36. The zero-order valence-corrected chi connectivity index (χ0v) is 21.8. The van der Waals surface area contributed by atoms with E-state index in [-0.39, 0.29) is 5.41 Å². The van der Waals surface area contributed by atoms with Gasteiger partial charge < -0.3 is 0 Å². The second-order valence-electron chi connectivity index (χ2n) is 11.7. The Morgan fingerprint density at radius 1 is 0.618 bits per heavy atom. The Kier molecular flexibility index (Phi) is 10.8. The van der Waals surface area contributed by atoms with E-state index in [9.17, 15) is 13.2 Å². The molecule has 34 heavy (non-hydrogen) atoms. The van der Waals surface area contributed by atoms with E-state index in [0.29, 0.717) is 5.41 Å². The molecule has 0 nitrogen and oxygen atoms in total. The lowest BCUT2D eigenvalue weighted by atomic mass is 9.65. The van der Waals surface area contributed by atoms with Crippen LogP contribution in [0.1, 0.15) is 153 Å². The van der Waals surface area contributed by atoms with Crippen LogP contribution in [-0.2, 0) is 11.6 Å². The first kappa shape index (κ1) is 27.6. The maximum Gasteiger partial charge on any atom is 0.416 e. The first-order chi connectivity index (χ1) is 16.4. The van der Waals surface area contributed by atoms with Crippen LogP contribution in [0.15, 0.2) is 24.3 Å². The molecular formula is C31H49F3. The monoisotopic (exact) mass is 478 g/mol.